The number of hydrogen-bond donors (Lipinski definition) is 0. The molecule has 0 atom stereocenters. The third-order valence-electron chi connectivity index (χ3n) is 2.07. The van der Waals surface area contributed by atoms with Gasteiger partial charge in [0.05, 0.1) is 7.11 Å². The van der Waals surface area contributed by atoms with Crippen LogP contribution in [0.3, 0.4) is 0 Å². The van der Waals surface area contributed by atoms with Crippen LogP contribution in [0, 0.1) is 5.82 Å². The van der Waals surface area contributed by atoms with Crippen LogP contribution >= 0.6 is 0 Å². The van der Waals surface area contributed by atoms with Gasteiger partial charge in [-0.15, -0.1) is 0 Å². The molecule has 1 rings (SSSR count). The summed E-state index contributed by atoms with van der Waals surface area (Å²) in [4.78, 5) is 10.8. The Morgan fingerprint density at radius 3 is 2.87 bits per heavy atom. The lowest BCUT2D eigenvalue weighted by molar-refractivity contribution is -0.134. The van der Waals surface area contributed by atoms with E-state index in [0.29, 0.717) is 5.56 Å². The summed E-state index contributed by atoms with van der Waals surface area (Å²) in [6, 6.07) is 4.84. The van der Waals surface area contributed by atoms with Crippen molar-refractivity contribution in [2.75, 3.05) is 7.11 Å². The average Bonchev–Trinajstić information content (AvgIpc) is 2.27. The van der Waals surface area contributed by atoms with Crippen LogP contribution in [0.15, 0.2) is 24.3 Å². The van der Waals surface area contributed by atoms with Crippen molar-refractivity contribution in [2.24, 2.45) is 0 Å². The largest absolute Gasteiger partial charge is 0.466 e. The van der Waals surface area contributed by atoms with Crippen molar-refractivity contribution >= 4 is 12.0 Å². The number of ether oxygens (including phenoxy) is 1. The number of esters is 1. The second kappa shape index (κ2) is 5.29. The summed E-state index contributed by atoms with van der Waals surface area (Å²) in [6.45, 7) is 1.99. The lowest BCUT2D eigenvalue weighted by atomic mass is 10.1. The van der Waals surface area contributed by atoms with E-state index in [4.69, 9.17) is 0 Å². The summed E-state index contributed by atoms with van der Waals surface area (Å²) in [5.74, 6) is -0.830. The van der Waals surface area contributed by atoms with E-state index in [1.807, 2.05) is 6.92 Å². The Hall–Kier alpha value is -1.64. The molecule has 0 unspecified atom stereocenters. The Morgan fingerprint density at radius 1 is 1.53 bits per heavy atom. The number of carbonyl (C=O) groups is 1. The first-order chi connectivity index (χ1) is 7.17. The first-order valence-corrected chi connectivity index (χ1v) is 4.71. The maximum atomic E-state index is 13.3. The zero-order valence-corrected chi connectivity index (χ0v) is 8.79. The Bertz CT molecular complexity index is 383. The van der Waals surface area contributed by atoms with Gasteiger partial charge in [0.25, 0.3) is 0 Å². The van der Waals surface area contributed by atoms with Crippen molar-refractivity contribution in [3.05, 3.63) is 41.2 Å². The van der Waals surface area contributed by atoms with Crippen LogP contribution < -0.4 is 0 Å². The number of rotatable bonds is 3. The van der Waals surface area contributed by atoms with Crippen molar-refractivity contribution in [2.45, 2.75) is 13.3 Å². The highest BCUT2D eigenvalue weighted by atomic mass is 19.1. The first-order valence-electron chi connectivity index (χ1n) is 4.71. The minimum atomic E-state index is -0.490. The van der Waals surface area contributed by atoms with Gasteiger partial charge in [-0.1, -0.05) is 13.0 Å². The second-order valence-electron chi connectivity index (χ2n) is 3.07. The van der Waals surface area contributed by atoms with E-state index >= 15 is 0 Å². The molecule has 0 aliphatic heterocycles. The molecule has 15 heavy (non-hydrogen) atoms. The molecule has 0 amide bonds. The number of carbonyl (C=O) groups excluding carboxylic acids is 1. The van der Waals surface area contributed by atoms with Gasteiger partial charge in [-0.2, -0.15) is 0 Å². The zero-order chi connectivity index (χ0) is 11.3. The lowest BCUT2D eigenvalue weighted by Gasteiger charge is -2.00. The molecule has 0 N–H and O–H groups in total. The van der Waals surface area contributed by atoms with Crippen LogP contribution in [0.5, 0.6) is 0 Å². The average molecular weight is 208 g/mol. The third kappa shape index (κ3) is 3.20. The fourth-order valence-corrected chi connectivity index (χ4v) is 1.17. The SMILES string of the molecule is CCc1ccc(F)c(/C=C/C(=O)OC)c1. The monoisotopic (exact) mass is 208 g/mol. The molecule has 2 nitrogen and oxygen atoms in total. The molecule has 0 aliphatic rings. The summed E-state index contributed by atoms with van der Waals surface area (Å²) in [5.41, 5.74) is 1.43. The number of benzene rings is 1. The lowest BCUT2D eigenvalue weighted by Crippen LogP contribution is -1.94. The van der Waals surface area contributed by atoms with Gasteiger partial charge in [0.1, 0.15) is 5.82 Å². The van der Waals surface area contributed by atoms with E-state index < -0.39 is 5.97 Å². The minimum absolute atomic E-state index is 0.340. The van der Waals surface area contributed by atoms with Crippen molar-refractivity contribution in [1.82, 2.24) is 0 Å². The molecule has 0 aliphatic carbocycles. The number of aryl methyl sites for hydroxylation is 1. The van der Waals surface area contributed by atoms with E-state index in [-0.39, 0.29) is 5.82 Å². The quantitative estimate of drug-likeness (QED) is 0.563. The molecule has 0 aromatic heterocycles. The van der Waals surface area contributed by atoms with Crippen molar-refractivity contribution < 1.29 is 13.9 Å². The van der Waals surface area contributed by atoms with E-state index in [9.17, 15) is 9.18 Å². The first kappa shape index (κ1) is 11.4. The molecular weight excluding hydrogens is 195 g/mol. The number of halogens is 1. The molecule has 80 valence electrons. The van der Waals surface area contributed by atoms with Crippen molar-refractivity contribution in [1.29, 1.82) is 0 Å². The molecular formula is C12H13FO2. The Morgan fingerprint density at radius 2 is 2.27 bits per heavy atom. The molecule has 1 aromatic rings. The van der Waals surface area contributed by atoms with Gasteiger partial charge in [-0.05, 0) is 30.2 Å². The van der Waals surface area contributed by atoms with Crippen LogP contribution in [0.2, 0.25) is 0 Å². The van der Waals surface area contributed by atoms with Gasteiger partial charge in [0.15, 0.2) is 0 Å². The summed E-state index contributed by atoms with van der Waals surface area (Å²) in [5, 5.41) is 0. The van der Waals surface area contributed by atoms with Crippen LogP contribution in [0.4, 0.5) is 4.39 Å². The molecule has 0 saturated heterocycles. The van der Waals surface area contributed by atoms with E-state index in [1.165, 1.54) is 25.3 Å². The van der Waals surface area contributed by atoms with Crippen LogP contribution in [-0.2, 0) is 16.0 Å². The smallest absolute Gasteiger partial charge is 0.330 e. The third-order valence-corrected chi connectivity index (χ3v) is 2.07. The van der Waals surface area contributed by atoms with Gasteiger partial charge >= 0.3 is 5.97 Å². The van der Waals surface area contributed by atoms with Crippen LogP contribution in [0.25, 0.3) is 6.08 Å². The topological polar surface area (TPSA) is 26.3 Å². The highest BCUT2D eigenvalue weighted by molar-refractivity contribution is 5.86. The predicted octanol–water partition coefficient (Wildman–Crippen LogP) is 2.57. The summed E-state index contributed by atoms with van der Waals surface area (Å²) < 4.78 is 17.7. The molecule has 3 heteroatoms. The van der Waals surface area contributed by atoms with Crippen molar-refractivity contribution in [3.63, 3.8) is 0 Å². The standard InChI is InChI=1S/C12H13FO2/c1-3-9-4-6-11(13)10(8-9)5-7-12(14)15-2/h4-8H,3H2,1-2H3/b7-5+. The van der Waals surface area contributed by atoms with Crippen LogP contribution in [-0.4, -0.2) is 13.1 Å². The van der Waals surface area contributed by atoms with Gasteiger partial charge in [0.2, 0.25) is 0 Å². The molecule has 0 fully saturated rings. The Balaban J connectivity index is 2.93. The summed E-state index contributed by atoms with van der Waals surface area (Å²) >= 11 is 0. The van der Waals surface area contributed by atoms with Crippen LogP contribution in [0.1, 0.15) is 18.1 Å². The molecule has 0 saturated carbocycles. The fraction of sp³-hybridized carbons (Fsp3) is 0.250. The highest BCUT2D eigenvalue weighted by Crippen LogP contribution is 2.12. The molecule has 1 aromatic carbocycles. The maximum absolute atomic E-state index is 13.3. The Labute approximate surface area is 88.4 Å². The van der Waals surface area contributed by atoms with Gasteiger partial charge in [-0.3, -0.25) is 0 Å². The predicted molar refractivity (Wildman–Crippen MR) is 56.8 cm³/mol. The molecule has 0 bridgehead atoms. The normalized spacial score (nSPS) is 10.6. The van der Waals surface area contributed by atoms with E-state index in [2.05, 4.69) is 4.74 Å². The maximum Gasteiger partial charge on any atom is 0.330 e. The number of hydrogen-bond acceptors (Lipinski definition) is 2. The Kier molecular flexibility index (Phi) is 4.03. The van der Waals surface area contributed by atoms with Gasteiger partial charge < -0.3 is 4.74 Å². The van der Waals surface area contributed by atoms with E-state index in [1.54, 1.807) is 12.1 Å². The van der Waals surface area contributed by atoms with Gasteiger partial charge in [-0.25, -0.2) is 9.18 Å². The highest BCUT2D eigenvalue weighted by Gasteiger charge is 2.00. The fourth-order valence-electron chi connectivity index (χ4n) is 1.17. The molecule has 0 spiro atoms. The summed E-state index contributed by atoms with van der Waals surface area (Å²) in [7, 11) is 1.28. The number of methoxy groups -OCH3 is 1. The second-order valence-corrected chi connectivity index (χ2v) is 3.07. The minimum Gasteiger partial charge on any atom is -0.466 e. The molecule has 0 radical (unpaired) electrons. The van der Waals surface area contributed by atoms with Crippen molar-refractivity contribution in [3.8, 4) is 0 Å². The molecule has 0 heterocycles. The van der Waals surface area contributed by atoms with Gasteiger partial charge in [0, 0.05) is 11.6 Å². The zero-order valence-electron chi connectivity index (χ0n) is 8.79. The summed E-state index contributed by atoms with van der Waals surface area (Å²) in [6.07, 6.45) is 3.46. The van der Waals surface area contributed by atoms with E-state index in [0.717, 1.165) is 12.0 Å².